The third-order valence-electron chi connectivity index (χ3n) is 4.41. The first-order valence-electron chi connectivity index (χ1n) is 9.47. The number of rotatable bonds is 7. The second-order valence-electron chi connectivity index (χ2n) is 6.67. The predicted molar refractivity (Wildman–Crippen MR) is 119 cm³/mol. The highest BCUT2D eigenvalue weighted by Crippen LogP contribution is 2.22. The molecule has 32 heavy (non-hydrogen) atoms. The zero-order valence-corrected chi connectivity index (χ0v) is 17.4. The van der Waals surface area contributed by atoms with Crippen LogP contribution in [0.2, 0.25) is 5.02 Å². The van der Waals surface area contributed by atoms with E-state index in [9.17, 15) is 9.59 Å². The van der Waals surface area contributed by atoms with Crippen molar-refractivity contribution >= 4 is 29.1 Å². The van der Waals surface area contributed by atoms with Crippen molar-refractivity contribution in [2.24, 2.45) is 5.73 Å². The number of pyridine rings is 1. The minimum absolute atomic E-state index is 0.134. The molecule has 9 nitrogen and oxygen atoms in total. The molecular weight excluding hydrogens is 432 g/mol. The van der Waals surface area contributed by atoms with E-state index in [2.05, 4.69) is 20.5 Å². The Hall–Kier alpha value is -4.24. The average Bonchev–Trinajstić information content (AvgIpc) is 2.79. The number of nitrogens with zero attached hydrogens (tertiary/aromatic N) is 4. The van der Waals surface area contributed by atoms with Gasteiger partial charge in [-0.3, -0.25) is 14.2 Å². The highest BCUT2D eigenvalue weighted by Gasteiger charge is 2.17. The zero-order chi connectivity index (χ0) is 22.5. The summed E-state index contributed by atoms with van der Waals surface area (Å²) in [7, 11) is 0. The van der Waals surface area contributed by atoms with Crippen LogP contribution < -0.4 is 21.3 Å². The minimum atomic E-state index is -0.949. The molecule has 1 amide bonds. The fraction of sp³-hybridized carbons (Fsp3) is 0.0455. The largest absolute Gasteiger partial charge is 0.439 e. The van der Waals surface area contributed by atoms with E-state index in [0.717, 1.165) is 5.56 Å². The number of aromatic nitrogens is 4. The molecular formula is C22H17ClN6O3. The molecule has 4 rings (SSSR count). The lowest BCUT2D eigenvalue weighted by atomic mass is 10.2. The summed E-state index contributed by atoms with van der Waals surface area (Å²) >= 11 is 5.94. The van der Waals surface area contributed by atoms with E-state index in [1.807, 2.05) is 6.07 Å². The molecule has 0 atom stereocenters. The van der Waals surface area contributed by atoms with Crippen LogP contribution in [0, 0.1) is 0 Å². The fourth-order valence-electron chi connectivity index (χ4n) is 2.85. The first-order chi connectivity index (χ1) is 15.5. The van der Waals surface area contributed by atoms with Crippen molar-refractivity contribution in [2.75, 3.05) is 5.32 Å². The van der Waals surface area contributed by atoms with Crippen LogP contribution in [0.15, 0.2) is 77.7 Å². The molecule has 160 valence electrons. The van der Waals surface area contributed by atoms with Crippen LogP contribution in [0.4, 0.5) is 11.6 Å². The standard InChI is InChI=1S/C22H17ClN6O3/c23-15-6-4-14(5-7-15)13-29-21(31)19(20(24)30)27-28-22(29)26-16-8-10-17(11-9-16)32-18-3-1-2-12-25-18/h1-12H,13H2,(H2,24,30)(H,26,28). The van der Waals surface area contributed by atoms with Crippen molar-refractivity contribution in [2.45, 2.75) is 6.54 Å². The summed E-state index contributed by atoms with van der Waals surface area (Å²) in [5, 5.41) is 11.3. The van der Waals surface area contributed by atoms with Gasteiger partial charge < -0.3 is 15.8 Å². The first-order valence-corrected chi connectivity index (χ1v) is 9.85. The lowest BCUT2D eigenvalue weighted by Crippen LogP contribution is -2.33. The van der Waals surface area contributed by atoms with Gasteiger partial charge in [-0.25, -0.2) is 4.98 Å². The van der Waals surface area contributed by atoms with E-state index in [1.165, 1.54) is 4.57 Å². The van der Waals surface area contributed by atoms with E-state index in [1.54, 1.807) is 66.9 Å². The molecule has 0 saturated heterocycles. The Labute approximate surface area is 187 Å². The third-order valence-corrected chi connectivity index (χ3v) is 4.66. The van der Waals surface area contributed by atoms with Gasteiger partial charge in [-0.05, 0) is 48.0 Å². The number of hydrogen-bond donors (Lipinski definition) is 2. The van der Waals surface area contributed by atoms with Crippen LogP contribution in [-0.4, -0.2) is 25.7 Å². The average molecular weight is 449 g/mol. The van der Waals surface area contributed by atoms with Gasteiger partial charge in [0, 0.05) is 23.0 Å². The quantitative estimate of drug-likeness (QED) is 0.444. The molecule has 0 saturated carbocycles. The van der Waals surface area contributed by atoms with Crippen LogP contribution in [0.3, 0.4) is 0 Å². The molecule has 2 aromatic heterocycles. The Morgan fingerprint density at radius 3 is 2.44 bits per heavy atom. The summed E-state index contributed by atoms with van der Waals surface area (Å²) in [6, 6.07) is 19.3. The van der Waals surface area contributed by atoms with Gasteiger partial charge in [-0.15, -0.1) is 10.2 Å². The molecule has 0 radical (unpaired) electrons. The molecule has 4 aromatic rings. The monoisotopic (exact) mass is 448 g/mol. The highest BCUT2D eigenvalue weighted by atomic mass is 35.5. The lowest BCUT2D eigenvalue weighted by molar-refractivity contribution is 0.0992. The molecule has 3 N–H and O–H groups in total. The predicted octanol–water partition coefficient (Wildman–Crippen LogP) is 3.37. The molecule has 0 aliphatic carbocycles. The molecule has 10 heteroatoms. The van der Waals surface area contributed by atoms with E-state index in [4.69, 9.17) is 22.1 Å². The fourth-order valence-corrected chi connectivity index (χ4v) is 2.97. The Balaban J connectivity index is 1.61. The zero-order valence-electron chi connectivity index (χ0n) is 16.6. The van der Waals surface area contributed by atoms with Crippen molar-refractivity contribution in [1.82, 2.24) is 19.7 Å². The van der Waals surface area contributed by atoms with Crippen LogP contribution in [0.1, 0.15) is 16.1 Å². The van der Waals surface area contributed by atoms with Gasteiger partial charge in [0.05, 0.1) is 6.54 Å². The Bertz CT molecular complexity index is 1290. The van der Waals surface area contributed by atoms with E-state index < -0.39 is 17.2 Å². The number of ether oxygens (including phenoxy) is 1. The Morgan fingerprint density at radius 2 is 1.78 bits per heavy atom. The lowest BCUT2D eigenvalue weighted by Gasteiger charge is -2.14. The number of benzene rings is 2. The number of anilines is 2. The van der Waals surface area contributed by atoms with Gasteiger partial charge in [0.1, 0.15) is 5.75 Å². The van der Waals surface area contributed by atoms with Gasteiger partial charge in [-0.2, -0.15) is 0 Å². The van der Waals surface area contributed by atoms with E-state index >= 15 is 0 Å². The number of amides is 1. The second kappa shape index (κ2) is 9.27. The summed E-state index contributed by atoms with van der Waals surface area (Å²) in [6.07, 6.45) is 1.64. The SMILES string of the molecule is NC(=O)c1nnc(Nc2ccc(Oc3ccccn3)cc2)n(Cc2ccc(Cl)cc2)c1=O. The number of nitrogens with one attached hydrogen (secondary N) is 1. The molecule has 0 bridgehead atoms. The molecule has 2 heterocycles. The Kier molecular flexibility index (Phi) is 6.09. The van der Waals surface area contributed by atoms with Crippen molar-refractivity contribution in [1.29, 1.82) is 0 Å². The topological polar surface area (TPSA) is 125 Å². The van der Waals surface area contributed by atoms with Crippen LogP contribution in [-0.2, 0) is 6.54 Å². The maximum absolute atomic E-state index is 12.8. The maximum atomic E-state index is 12.8. The minimum Gasteiger partial charge on any atom is -0.439 e. The summed E-state index contributed by atoms with van der Waals surface area (Å²) < 4.78 is 6.96. The smallest absolute Gasteiger partial charge is 0.287 e. The van der Waals surface area contributed by atoms with Gasteiger partial charge in [0.2, 0.25) is 17.5 Å². The van der Waals surface area contributed by atoms with Gasteiger partial charge in [0.15, 0.2) is 0 Å². The number of halogens is 1. The highest BCUT2D eigenvalue weighted by molar-refractivity contribution is 6.30. The van der Waals surface area contributed by atoms with Crippen molar-refractivity contribution in [3.05, 3.63) is 99.6 Å². The molecule has 2 aromatic carbocycles. The normalized spacial score (nSPS) is 10.5. The summed E-state index contributed by atoms with van der Waals surface area (Å²) in [5.74, 6) is 0.254. The summed E-state index contributed by atoms with van der Waals surface area (Å²) in [6.45, 7) is 0.134. The number of carbonyl (C=O) groups excluding carboxylic acids is 1. The van der Waals surface area contributed by atoms with Crippen LogP contribution in [0.25, 0.3) is 0 Å². The number of carbonyl (C=O) groups is 1. The molecule has 0 aliphatic rings. The molecule has 0 unspecified atom stereocenters. The van der Waals surface area contributed by atoms with Crippen molar-refractivity contribution in [3.63, 3.8) is 0 Å². The third kappa shape index (κ3) is 4.90. The van der Waals surface area contributed by atoms with Crippen molar-refractivity contribution < 1.29 is 9.53 Å². The number of nitrogens with two attached hydrogens (primary N) is 1. The summed E-state index contributed by atoms with van der Waals surface area (Å²) in [4.78, 5) is 28.5. The van der Waals surface area contributed by atoms with Gasteiger partial charge in [-0.1, -0.05) is 29.8 Å². The Morgan fingerprint density at radius 1 is 1.03 bits per heavy atom. The van der Waals surface area contributed by atoms with Crippen LogP contribution in [0.5, 0.6) is 11.6 Å². The van der Waals surface area contributed by atoms with E-state index in [-0.39, 0.29) is 12.5 Å². The first kappa shape index (κ1) is 21.0. The maximum Gasteiger partial charge on any atom is 0.287 e. The molecule has 0 fully saturated rings. The number of primary amides is 1. The summed E-state index contributed by atoms with van der Waals surface area (Å²) in [5.41, 5.74) is 5.58. The second-order valence-corrected chi connectivity index (χ2v) is 7.11. The molecule has 0 aliphatic heterocycles. The van der Waals surface area contributed by atoms with Crippen LogP contribution >= 0.6 is 11.6 Å². The molecule has 0 spiro atoms. The number of hydrogen-bond acceptors (Lipinski definition) is 7. The van der Waals surface area contributed by atoms with Gasteiger partial charge >= 0.3 is 0 Å². The van der Waals surface area contributed by atoms with Crippen molar-refractivity contribution in [3.8, 4) is 11.6 Å². The van der Waals surface area contributed by atoms with Gasteiger partial charge in [0.25, 0.3) is 11.5 Å². The van der Waals surface area contributed by atoms with E-state index in [0.29, 0.717) is 22.3 Å².